The van der Waals surface area contributed by atoms with E-state index in [1.165, 1.54) is 6.07 Å². The summed E-state index contributed by atoms with van der Waals surface area (Å²) >= 11 is 0. The first kappa shape index (κ1) is 23.7. The molecular formula is C27H30FN3O3. The van der Waals surface area contributed by atoms with Gasteiger partial charge in [0.15, 0.2) is 0 Å². The molecule has 0 atom stereocenters. The number of rotatable bonds is 6. The summed E-state index contributed by atoms with van der Waals surface area (Å²) in [6, 6.07) is 16.7. The topological polar surface area (TPSA) is 53.1 Å². The number of halogens is 1. The van der Waals surface area contributed by atoms with Crippen LogP contribution >= 0.6 is 0 Å². The van der Waals surface area contributed by atoms with Gasteiger partial charge in [0.05, 0.1) is 13.7 Å². The number of benzene rings is 3. The molecule has 6 nitrogen and oxygen atoms in total. The first-order valence-electron chi connectivity index (χ1n) is 11.4. The molecule has 0 radical (unpaired) electrons. The SMILES string of the molecule is COc1ccc2cc(CN(C)C(=O)CN3CCN(C(=O)c4ccc(C)c(F)c4)CC3)ccc2c1. The number of likely N-dealkylation sites (N-methyl/N-ethyl adjacent to an activating group) is 1. The number of ether oxygens (including phenoxy) is 1. The monoisotopic (exact) mass is 463 g/mol. The summed E-state index contributed by atoms with van der Waals surface area (Å²) in [5.74, 6) is 0.316. The molecule has 1 aliphatic heterocycles. The Labute approximate surface area is 199 Å². The Morgan fingerprint density at radius 1 is 0.971 bits per heavy atom. The molecule has 3 aromatic carbocycles. The second-order valence-corrected chi connectivity index (χ2v) is 8.83. The highest BCUT2D eigenvalue weighted by molar-refractivity contribution is 5.94. The van der Waals surface area contributed by atoms with Crippen molar-refractivity contribution in [3.8, 4) is 5.75 Å². The van der Waals surface area contributed by atoms with Gasteiger partial charge in [-0.3, -0.25) is 14.5 Å². The minimum atomic E-state index is -0.371. The minimum absolute atomic E-state index is 0.0372. The molecule has 2 amide bonds. The molecular weight excluding hydrogens is 433 g/mol. The van der Waals surface area contributed by atoms with Crippen molar-refractivity contribution in [3.63, 3.8) is 0 Å². The van der Waals surface area contributed by atoms with Crippen LogP contribution in [0, 0.1) is 12.7 Å². The quantitative estimate of drug-likeness (QED) is 0.559. The third-order valence-electron chi connectivity index (χ3n) is 6.39. The molecule has 0 unspecified atom stereocenters. The van der Waals surface area contributed by atoms with Gasteiger partial charge in [-0.15, -0.1) is 0 Å². The first-order valence-corrected chi connectivity index (χ1v) is 11.4. The molecule has 4 rings (SSSR count). The molecule has 1 heterocycles. The second kappa shape index (κ2) is 10.2. The lowest BCUT2D eigenvalue weighted by Crippen LogP contribution is -2.51. The third-order valence-corrected chi connectivity index (χ3v) is 6.39. The number of nitrogens with zero attached hydrogens (tertiary/aromatic N) is 3. The van der Waals surface area contributed by atoms with Gasteiger partial charge in [-0.2, -0.15) is 0 Å². The molecule has 7 heteroatoms. The Kier molecular flexibility index (Phi) is 7.12. The number of carbonyl (C=O) groups excluding carboxylic acids is 2. The van der Waals surface area contributed by atoms with Gasteiger partial charge in [-0.25, -0.2) is 4.39 Å². The van der Waals surface area contributed by atoms with E-state index in [1.54, 1.807) is 36.0 Å². The van der Waals surface area contributed by atoms with Crippen LogP contribution in [0.4, 0.5) is 4.39 Å². The average molecular weight is 464 g/mol. The van der Waals surface area contributed by atoms with E-state index in [-0.39, 0.29) is 17.6 Å². The van der Waals surface area contributed by atoms with Crippen LogP contribution in [0.2, 0.25) is 0 Å². The maximum absolute atomic E-state index is 13.8. The predicted octanol–water partition coefficient (Wildman–Crippen LogP) is 3.71. The number of methoxy groups -OCH3 is 1. The van der Waals surface area contributed by atoms with Gasteiger partial charge < -0.3 is 14.5 Å². The van der Waals surface area contributed by atoms with E-state index in [2.05, 4.69) is 11.0 Å². The zero-order valence-corrected chi connectivity index (χ0v) is 19.9. The van der Waals surface area contributed by atoms with Crippen LogP contribution in [0.1, 0.15) is 21.5 Å². The summed E-state index contributed by atoms with van der Waals surface area (Å²) in [6.45, 7) is 4.75. The number of amides is 2. The zero-order valence-electron chi connectivity index (χ0n) is 19.9. The Morgan fingerprint density at radius 2 is 1.68 bits per heavy atom. The maximum Gasteiger partial charge on any atom is 0.254 e. The fraction of sp³-hybridized carbons (Fsp3) is 0.333. The van der Waals surface area contributed by atoms with Gasteiger partial charge in [0.2, 0.25) is 5.91 Å². The molecule has 1 saturated heterocycles. The smallest absolute Gasteiger partial charge is 0.254 e. The summed E-state index contributed by atoms with van der Waals surface area (Å²) in [6.07, 6.45) is 0. The van der Waals surface area contributed by atoms with E-state index >= 15 is 0 Å². The molecule has 0 N–H and O–H groups in total. The van der Waals surface area contributed by atoms with E-state index in [9.17, 15) is 14.0 Å². The van der Waals surface area contributed by atoms with Crippen molar-refractivity contribution >= 4 is 22.6 Å². The number of fused-ring (bicyclic) bond motifs is 1. The van der Waals surface area contributed by atoms with Crippen molar-refractivity contribution in [2.45, 2.75) is 13.5 Å². The molecule has 1 aliphatic rings. The van der Waals surface area contributed by atoms with Crippen molar-refractivity contribution in [1.82, 2.24) is 14.7 Å². The zero-order chi connectivity index (χ0) is 24.2. The lowest BCUT2D eigenvalue weighted by atomic mass is 10.1. The van der Waals surface area contributed by atoms with Gasteiger partial charge in [-0.05, 0) is 59.2 Å². The fourth-order valence-electron chi connectivity index (χ4n) is 4.19. The highest BCUT2D eigenvalue weighted by Crippen LogP contribution is 2.22. The van der Waals surface area contributed by atoms with Crippen LogP contribution in [0.5, 0.6) is 5.75 Å². The Bertz CT molecular complexity index is 1200. The van der Waals surface area contributed by atoms with E-state index in [0.717, 1.165) is 22.1 Å². The molecule has 3 aromatic rings. The molecule has 0 aromatic heterocycles. The van der Waals surface area contributed by atoms with Gasteiger partial charge in [0.25, 0.3) is 5.91 Å². The molecule has 0 aliphatic carbocycles. The van der Waals surface area contributed by atoms with Crippen LogP contribution < -0.4 is 4.74 Å². The number of hydrogen-bond donors (Lipinski definition) is 0. The molecule has 178 valence electrons. The number of hydrogen-bond acceptors (Lipinski definition) is 4. The van der Waals surface area contributed by atoms with Crippen molar-refractivity contribution in [2.24, 2.45) is 0 Å². The van der Waals surface area contributed by atoms with Gasteiger partial charge in [0, 0.05) is 45.3 Å². The van der Waals surface area contributed by atoms with Gasteiger partial charge in [0.1, 0.15) is 11.6 Å². The predicted molar refractivity (Wildman–Crippen MR) is 130 cm³/mol. The van der Waals surface area contributed by atoms with Crippen LogP contribution in [0.15, 0.2) is 54.6 Å². The highest BCUT2D eigenvalue weighted by Gasteiger charge is 2.24. The number of piperazine rings is 1. The summed E-state index contributed by atoms with van der Waals surface area (Å²) in [7, 11) is 3.46. The standard InChI is InChI=1S/C27H30FN3O3/c1-19-4-6-23(16-25(19)28)27(33)31-12-10-30(11-13-31)18-26(32)29(2)17-20-5-7-22-15-24(34-3)9-8-21(22)14-20/h4-9,14-16H,10-13,17-18H2,1-3H3. The Balaban J connectivity index is 1.29. The second-order valence-electron chi connectivity index (χ2n) is 8.83. The summed E-state index contributed by atoms with van der Waals surface area (Å²) in [5.41, 5.74) is 1.95. The molecule has 0 bridgehead atoms. The van der Waals surface area contributed by atoms with Gasteiger partial charge >= 0.3 is 0 Å². The van der Waals surface area contributed by atoms with E-state index in [4.69, 9.17) is 4.74 Å². The lowest BCUT2D eigenvalue weighted by Gasteiger charge is -2.35. The maximum atomic E-state index is 13.8. The summed E-state index contributed by atoms with van der Waals surface area (Å²) < 4.78 is 19.1. The summed E-state index contributed by atoms with van der Waals surface area (Å²) in [4.78, 5) is 31.0. The van der Waals surface area contributed by atoms with Crippen molar-refractivity contribution in [3.05, 3.63) is 77.1 Å². The van der Waals surface area contributed by atoms with Crippen LogP contribution in [0.25, 0.3) is 10.8 Å². The minimum Gasteiger partial charge on any atom is -0.497 e. The van der Waals surface area contributed by atoms with E-state index in [0.29, 0.717) is 50.4 Å². The first-order chi connectivity index (χ1) is 16.3. The summed E-state index contributed by atoms with van der Waals surface area (Å²) in [5, 5.41) is 2.20. The van der Waals surface area contributed by atoms with Crippen molar-refractivity contribution in [2.75, 3.05) is 46.9 Å². The van der Waals surface area contributed by atoms with Crippen LogP contribution in [0.3, 0.4) is 0 Å². The van der Waals surface area contributed by atoms with Crippen LogP contribution in [-0.2, 0) is 11.3 Å². The molecule has 0 spiro atoms. The van der Waals surface area contributed by atoms with Gasteiger partial charge in [-0.1, -0.05) is 24.3 Å². The Hall–Kier alpha value is -3.45. The third kappa shape index (κ3) is 5.37. The normalized spacial score (nSPS) is 14.3. The van der Waals surface area contributed by atoms with Crippen molar-refractivity contribution < 1.29 is 18.7 Å². The molecule has 1 fully saturated rings. The Morgan fingerprint density at radius 3 is 2.38 bits per heavy atom. The average Bonchev–Trinajstić information content (AvgIpc) is 2.85. The number of aryl methyl sites for hydroxylation is 1. The fourth-order valence-corrected chi connectivity index (χ4v) is 4.19. The number of carbonyl (C=O) groups is 2. The largest absolute Gasteiger partial charge is 0.497 e. The lowest BCUT2D eigenvalue weighted by molar-refractivity contribution is -0.132. The van der Waals surface area contributed by atoms with Crippen LogP contribution in [-0.4, -0.2) is 73.4 Å². The van der Waals surface area contributed by atoms with E-state index in [1.807, 2.05) is 37.4 Å². The highest BCUT2D eigenvalue weighted by atomic mass is 19.1. The molecule has 34 heavy (non-hydrogen) atoms. The van der Waals surface area contributed by atoms with E-state index < -0.39 is 0 Å². The molecule has 0 saturated carbocycles. The van der Waals surface area contributed by atoms with Crippen molar-refractivity contribution in [1.29, 1.82) is 0 Å².